The molecular weight excluding hydrogens is 147 g/mol. The SMILES string of the molecule is CNC(=O)c1ccncc1F. The minimum Gasteiger partial charge on any atom is -0.355 e. The Kier molecular flexibility index (Phi) is 2.15. The lowest BCUT2D eigenvalue weighted by Crippen LogP contribution is -2.19. The van der Waals surface area contributed by atoms with Crippen molar-refractivity contribution in [3.63, 3.8) is 0 Å². The molecule has 0 aliphatic carbocycles. The van der Waals surface area contributed by atoms with E-state index in [2.05, 4.69) is 10.3 Å². The van der Waals surface area contributed by atoms with E-state index in [0.717, 1.165) is 6.20 Å². The predicted octanol–water partition coefficient (Wildman–Crippen LogP) is 0.580. The third kappa shape index (κ3) is 1.52. The number of halogens is 1. The molecule has 0 aliphatic rings. The van der Waals surface area contributed by atoms with Crippen LogP contribution in [0.1, 0.15) is 10.4 Å². The Labute approximate surface area is 63.3 Å². The van der Waals surface area contributed by atoms with Gasteiger partial charge in [-0.25, -0.2) is 4.39 Å². The number of hydrogen-bond acceptors (Lipinski definition) is 2. The van der Waals surface area contributed by atoms with Gasteiger partial charge in [-0.05, 0) is 6.07 Å². The van der Waals surface area contributed by atoms with Crippen LogP contribution in [0.3, 0.4) is 0 Å². The quantitative estimate of drug-likeness (QED) is 0.642. The Morgan fingerprint density at radius 3 is 3.00 bits per heavy atom. The molecule has 0 aliphatic heterocycles. The molecule has 4 heteroatoms. The van der Waals surface area contributed by atoms with Crippen molar-refractivity contribution in [2.75, 3.05) is 7.05 Å². The summed E-state index contributed by atoms with van der Waals surface area (Å²) >= 11 is 0. The molecule has 1 aromatic rings. The highest BCUT2D eigenvalue weighted by Gasteiger charge is 2.07. The Hall–Kier alpha value is -1.45. The summed E-state index contributed by atoms with van der Waals surface area (Å²) in [5.74, 6) is -1.04. The first-order valence-corrected chi connectivity index (χ1v) is 3.07. The molecule has 1 amide bonds. The number of rotatable bonds is 1. The molecule has 0 unspecified atom stereocenters. The monoisotopic (exact) mass is 154 g/mol. The van der Waals surface area contributed by atoms with Crippen LogP contribution in [-0.2, 0) is 0 Å². The van der Waals surface area contributed by atoms with Crippen molar-refractivity contribution in [1.29, 1.82) is 0 Å². The zero-order valence-electron chi connectivity index (χ0n) is 5.97. The Morgan fingerprint density at radius 2 is 2.45 bits per heavy atom. The summed E-state index contributed by atoms with van der Waals surface area (Å²) in [6.45, 7) is 0. The molecular formula is C7H7FN2O. The highest BCUT2D eigenvalue weighted by Crippen LogP contribution is 2.02. The summed E-state index contributed by atoms with van der Waals surface area (Å²) in [7, 11) is 1.45. The molecule has 1 aromatic heterocycles. The number of nitrogens with zero attached hydrogens (tertiary/aromatic N) is 1. The minimum atomic E-state index is -0.605. The maximum atomic E-state index is 12.7. The van der Waals surface area contributed by atoms with E-state index in [9.17, 15) is 9.18 Å². The average Bonchev–Trinajstić information content (AvgIpc) is 2.04. The van der Waals surface area contributed by atoms with Crippen molar-refractivity contribution in [2.24, 2.45) is 0 Å². The second kappa shape index (κ2) is 3.09. The van der Waals surface area contributed by atoms with Gasteiger partial charge in [0, 0.05) is 13.2 Å². The molecule has 58 valence electrons. The largest absolute Gasteiger partial charge is 0.355 e. The van der Waals surface area contributed by atoms with E-state index in [0.29, 0.717) is 0 Å². The van der Waals surface area contributed by atoms with Crippen LogP contribution in [0.5, 0.6) is 0 Å². The normalized spacial score (nSPS) is 9.27. The smallest absolute Gasteiger partial charge is 0.254 e. The Balaban J connectivity index is 3.03. The molecule has 0 bridgehead atoms. The van der Waals surface area contributed by atoms with E-state index in [4.69, 9.17) is 0 Å². The number of carbonyl (C=O) groups is 1. The fourth-order valence-electron chi connectivity index (χ4n) is 0.694. The number of aromatic nitrogens is 1. The molecule has 0 aromatic carbocycles. The molecule has 1 heterocycles. The maximum absolute atomic E-state index is 12.7. The first-order chi connectivity index (χ1) is 5.25. The standard InChI is InChI=1S/C7H7FN2O/c1-9-7(11)5-2-3-10-4-6(5)8/h2-4H,1H3,(H,9,11). The first kappa shape index (κ1) is 7.65. The van der Waals surface area contributed by atoms with Crippen molar-refractivity contribution in [3.8, 4) is 0 Å². The van der Waals surface area contributed by atoms with E-state index in [-0.39, 0.29) is 5.56 Å². The van der Waals surface area contributed by atoms with Gasteiger partial charge < -0.3 is 5.32 Å². The highest BCUT2D eigenvalue weighted by molar-refractivity contribution is 5.93. The molecule has 0 atom stereocenters. The summed E-state index contributed by atoms with van der Waals surface area (Å²) in [5, 5.41) is 2.32. The average molecular weight is 154 g/mol. The van der Waals surface area contributed by atoms with Gasteiger partial charge in [-0.2, -0.15) is 0 Å². The van der Waals surface area contributed by atoms with Gasteiger partial charge in [0.25, 0.3) is 5.91 Å². The fraction of sp³-hybridized carbons (Fsp3) is 0.143. The van der Waals surface area contributed by atoms with Crippen molar-refractivity contribution in [2.45, 2.75) is 0 Å². The van der Waals surface area contributed by atoms with Crippen LogP contribution in [0.2, 0.25) is 0 Å². The summed E-state index contributed by atoms with van der Waals surface area (Å²) in [6.07, 6.45) is 2.37. The zero-order chi connectivity index (χ0) is 8.27. The predicted molar refractivity (Wildman–Crippen MR) is 37.6 cm³/mol. The van der Waals surface area contributed by atoms with Crippen LogP contribution in [0.4, 0.5) is 4.39 Å². The molecule has 11 heavy (non-hydrogen) atoms. The molecule has 0 spiro atoms. The van der Waals surface area contributed by atoms with Crippen molar-refractivity contribution < 1.29 is 9.18 Å². The molecule has 0 fully saturated rings. The van der Waals surface area contributed by atoms with Gasteiger partial charge in [0.05, 0.1) is 11.8 Å². The second-order valence-electron chi connectivity index (χ2n) is 1.93. The highest BCUT2D eigenvalue weighted by atomic mass is 19.1. The van der Waals surface area contributed by atoms with E-state index >= 15 is 0 Å². The van der Waals surface area contributed by atoms with Gasteiger partial charge in [-0.3, -0.25) is 9.78 Å². The van der Waals surface area contributed by atoms with Crippen LogP contribution in [-0.4, -0.2) is 17.9 Å². The topological polar surface area (TPSA) is 42.0 Å². The van der Waals surface area contributed by atoms with Crippen molar-refractivity contribution in [3.05, 3.63) is 29.8 Å². The van der Waals surface area contributed by atoms with E-state index < -0.39 is 11.7 Å². The first-order valence-electron chi connectivity index (χ1n) is 3.07. The molecule has 3 nitrogen and oxygen atoms in total. The lowest BCUT2D eigenvalue weighted by atomic mass is 10.2. The van der Waals surface area contributed by atoms with Crippen LogP contribution < -0.4 is 5.32 Å². The van der Waals surface area contributed by atoms with E-state index in [1.54, 1.807) is 0 Å². The lowest BCUT2D eigenvalue weighted by Gasteiger charge is -1.98. The van der Waals surface area contributed by atoms with Crippen LogP contribution >= 0.6 is 0 Å². The summed E-state index contributed by atoms with van der Waals surface area (Å²) in [6, 6.07) is 1.33. The van der Waals surface area contributed by atoms with Gasteiger partial charge in [0.1, 0.15) is 0 Å². The summed E-state index contributed by atoms with van der Waals surface area (Å²) in [4.78, 5) is 14.4. The third-order valence-electron chi connectivity index (χ3n) is 1.24. The van der Waals surface area contributed by atoms with E-state index in [1.807, 2.05) is 0 Å². The Morgan fingerprint density at radius 1 is 1.73 bits per heavy atom. The van der Waals surface area contributed by atoms with Crippen LogP contribution in [0.25, 0.3) is 0 Å². The molecule has 0 radical (unpaired) electrons. The minimum absolute atomic E-state index is 0.0162. The zero-order valence-corrected chi connectivity index (χ0v) is 5.97. The number of hydrogen-bond donors (Lipinski definition) is 1. The van der Waals surface area contributed by atoms with Crippen LogP contribution in [0.15, 0.2) is 18.5 Å². The maximum Gasteiger partial charge on any atom is 0.254 e. The van der Waals surface area contributed by atoms with Crippen molar-refractivity contribution in [1.82, 2.24) is 10.3 Å². The second-order valence-corrected chi connectivity index (χ2v) is 1.93. The van der Waals surface area contributed by atoms with Crippen molar-refractivity contribution >= 4 is 5.91 Å². The van der Waals surface area contributed by atoms with Crippen LogP contribution in [0, 0.1) is 5.82 Å². The third-order valence-corrected chi connectivity index (χ3v) is 1.24. The number of amides is 1. The van der Waals surface area contributed by atoms with Gasteiger partial charge in [-0.1, -0.05) is 0 Å². The van der Waals surface area contributed by atoms with Gasteiger partial charge >= 0.3 is 0 Å². The molecule has 0 saturated carbocycles. The number of nitrogens with one attached hydrogen (secondary N) is 1. The molecule has 0 saturated heterocycles. The fourth-order valence-corrected chi connectivity index (χ4v) is 0.694. The van der Waals surface area contributed by atoms with Gasteiger partial charge in [0.15, 0.2) is 5.82 Å². The number of pyridine rings is 1. The molecule has 1 N–H and O–H groups in total. The van der Waals surface area contributed by atoms with Gasteiger partial charge in [0.2, 0.25) is 0 Å². The van der Waals surface area contributed by atoms with Gasteiger partial charge in [-0.15, -0.1) is 0 Å². The summed E-state index contributed by atoms with van der Waals surface area (Å²) in [5.41, 5.74) is 0.0162. The number of carbonyl (C=O) groups excluding carboxylic acids is 1. The van der Waals surface area contributed by atoms with E-state index in [1.165, 1.54) is 19.3 Å². The lowest BCUT2D eigenvalue weighted by molar-refractivity contribution is 0.0959. The Bertz CT molecular complexity index is 275. The summed E-state index contributed by atoms with van der Waals surface area (Å²) < 4.78 is 12.7. The molecule has 1 rings (SSSR count).